The molecule has 0 aromatic carbocycles. The zero-order valence-corrected chi connectivity index (χ0v) is 7.63. The molecule has 1 N–H and O–H groups in total. The largest absolute Gasteiger partial charge is 0.425 e. The van der Waals surface area contributed by atoms with Crippen molar-refractivity contribution in [2.24, 2.45) is 0 Å². The predicted octanol–water partition coefficient (Wildman–Crippen LogP) is 1.29. The Morgan fingerprint density at radius 2 is 2.27 bits per heavy atom. The lowest BCUT2D eigenvalue weighted by atomic mass is 10.2. The Kier molecular flexibility index (Phi) is 2.34. The van der Waals surface area contributed by atoms with Crippen LogP contribution in [0, 0.1) is 6.92 Å². The van der Waals surface area contributed by atoms with Crippen LogP contribution in [0.2, 0.25) is 0 Å². The van der Waals surface area contributed by atoms with Crippen molar-refractivity contribution in [2.45, 2.75) is 12.3 Å². The van der Waals surface area contributed by atoms with Gasteiger partial charge in [0, 0.05) is 11.4 Å². The molecular weight excluding hydrogens is 210 g/mol. The predicted molar refractivity (Wildman–Crippen MR) is 45.3 cm³/mol. The fraction of sp³-hybridized carbons (Fsp3) is 0.286. The second-order valence-corrected chi connectivity index (χ2v) is 2.87. The van der Waals surface area contributed by atoms with Crippen molar-refractivity contribution < 1.29 is 5.21 Å². The number of alkyl halides is 1. The summed E-state index contributed by atoms with van der Waals surface area (Å²) in [5.74, 6) is 0. The third-order valence-electron chi connectivity index (χ3n) is 1.36. The van der Waals surface area contributed by atoms with Crippen LogP contribution in [0.3, 0.4) is 0 Å². The molecule has 0 atom stereocenters. The van der Waals surface area contributed by atoms with E-state index in [0.29, 0.717) is 15.8 Å². The highest BCUT2D eigenvalue weighted by Crippen LogP contribution is 2.03. The van der Waals surface area contributed by atoms with Crippen molar-refractivity contribution in [3.05, 3.63) is 33.7 Å². The van der Waals surface area contributed by atoms with Crippen LogP contribution in [0.25, 0.3) is 0 Å². The number of aryl methyl sites for hydroxylation is 1. The molecule has 4 heteroatoms. The van der Waals surface area contributed by atoms with Gasteiger partial charge in [-0.1, -0.05) is 15.9 Å². The molecule has 0 aliphatic heterocycles. The zero-order valence-electron chi connectivity index (χ0n) is 6.04. The number of hydrogen-bond acceptors (Lipinski definition) is 2. The summed E-state index contributed by atoms with van der Waals surface area (Å²) >= 11 is 3.16. The maximum absolute atomic E-state index is 10.9. The van der Waals surface area contributed by atoms with E-state index in [0.717, 1.165) is 5.56 Å². The second-order valence-electron chi connectivity index (χ2n) is 2.31. The number of hydrogen-bond donors (Lipinski definition) is 1. The van der Waals surface area contributed by atoms with E-state index in [2.05, 4.69) is 15.9 Å². The summed E-state index contributed by atoms with van der Waals surface area (Å²) in [6, 6.07) is 3.13. The van der Waals surface area contributed by atoms with Crippen LogP contribution >= 0.6 is 15.9 Å². The van der Waals surface area contributed by atoms with E-state index in [9.17, 15) is 4.79 Å². The van der Waals surface area contributed by atoms with Gasteiger partial charge in [-0.25, -0.2) is 0 Å². The highest BCUT2D eigenvalue weighted by atomic mass is 79.9. The van der Waals surface area contributed by atoms with E-state index in [1.165, 1.54) is 6.07 Å². The summed E-state index contributed by atoms with van der Waals surface area (Å²) in [5, 5.41) is 9.57. The summed E-state index contributed by atoms with van der Waals surface area (Å²) in [5.41, 5.74) is 1.03. The first kappa shape index (κ1) is 8.33. The molecule has 1 heterocycles. The topological polar surface area (TPSA) is 42.2 Å². The lowest BCUT2D eigenvalue weighted by Crippen LogP contribution is -2.19. The molecule has 1 aromatic heterocycles. The van der Waals surface area contributed by atoms with E-state index in [1.54, 1.807) is 6.07 Å². The lowest BCUT2D eigenvalue weighted by molar-refractivity contribution is 0.167. The molecular formula is C7H8BrNO2. The van der Waals surface area contributed by atoms with Crippen LogP contribution in [0.1, 0.15) is 11.3 Å². The number of halogens is 1. The Bertz CT molecular complexity index is 319. The highest BCUT2D eigenvalue weighted by molar-refractivity contribution is 9.08. The van der Waals surface area contributed by atoms with Crippen LogP contribution in [0.5, 0.6) is 0 Å². The van der Waals surface area contributed by atoms with E-state index < -0.39 is 0 Å². The van der Waals surface area contributed by atoms with Gasteiger partial charge in [-0.3, -0.25) is 4.79 Å². The zero-order chi connectivity index (χ0) is 8.43. The van der Waals surface area contributed by atoms with Gasteiger partial charge in [0.15, 0.2) is 0 Å². The molecule has 60 valence electrons. The molecule has 0 spiro atoms. The van der Waals surface area contributed by atoms with Gasteiger partial charge in [0.25, 0.3) is 5.56 Å². The average molecular weight is 218 g/mol. The maximum atomic E-state index is 10.9. The van der Waals surface area contributed by atoms with Gasteiger partial charge in [0.05, 0.1) is 5.69 Å². The van der Waals surface area contributed by atoms with Crippen molar-refractivity contribution in [1.82, 2.24) is 4.73 Å². The van der Waals surface area contributed by atoms with E-state index >= 15 is 0 Å². The quantitative estimate of drug-likeness (QED) is 0.570. The van der Waals surface area contributed by atoms with Crippen LogP contribution in [-0.4, -0.2) is 9.94 Å². The van der Waals surface area contributed by atoms with Gasteiger partial charge >= 0.3 is 0 Å². The van der Waals surface area contributed by atoms with Gasteiger partial charge in [-0.05, 0) is 18.6 Å². The summed E-state index contributed by atoms with van der Waals surface area (Å²) < 4.78 is 0.641. The SMILES string of the molecule is Cc1cc(CBr)n(O)c(=O)c1. The Hall–Kier alpha value is -0.770. The van der Waals surface area contributed by atoms with E-state index in [1.807, 2.05) is 6.92 Å². The van der Waals surface area contributed by atoms with Crippen LogP contribution in [-0.2, 0) is 5.33 Å². The lowest BCUT2D eigenvalue weighted by Gasteiger charge is -2.02. The molecule has 0 radical (unpaired) electrons. The molecule has 0 bridgehead atoms. The van der Waals surface area contributed by atoms with Gasteiger partial charge in [0.2, 0.25) is 0 Å². The molecule has 0 aliphatic rings. The Morgan fingerprint density at radius 3 is 2.82 bits per heavy atom. The number of nitrogens with zero attached hydrogens (tertiary/aromatic N) is 1. The summed E-state index contributed by atoms with van der Waals surface area (Å²) in [7, 11) is 0. The van der Waals surface area contributed by atoms with Crippen LogP contribution < -0.4 is 5.56 Å². The third kappa shape index (κ3) is 1.63. The molecule has 0 saturated carbocycles. The second kappa shape index (κ2) is 3.09. The molecule has 0 saturated heterocycles. The van der Waals surface area contributed by atoms with Crippen molar-refractivity contribution >= 4 is 15.9 Å². The monoisotopic (exact) mass is 217 g/mol. The molecule has 0 fully saturated rings. The van der Waals surface area contributed by atoms with E-state index in [4.69, 9.17) is 5.21 Å². The van der Waals surface area contributed by atoms with Crippen molar-refractivity contribution in [3.63, 3.8) is 0 Å². The molecule has 3 nitrogen and oxygen atoms in total. The van der Waals surface area contributed by atoms with Crippen molar-refractivity contribution in [3.8, 4) is 0 Å². The minimum atomic E-state index is -0.389. The minimum Gasteiger partial charge on any atom is -0.425 e. The van der Waals surface area contributed by atoms with Gasteiger partial charge in [-0.15, -0.1) is 0 Å². The highest BCUT2D eigenvalue weighted by Gasteiger charge is 2.00. The normalized spacial score (nSPS) is 10.0. The van der Waals surface area contributed by atoms with Crippen molar-refractivity contribution in [2.75, 3.05) is 0 Å². The minimum absolute atomic E-state index is 0.389. The summed E-state index contributed by atoms with van der Waals surface area (Å²) in [4.78, 5) is 10.9. The third-order valence-corrected chi connectivity index (χ3v) is 1.94. The Morgan fingerprint density at radius 1 is 1.64 bits per heavy atom. The molecule has 1 aromatic rings. The van der Waals surface area contributed by atoms with E-state index in [-0.39, 0.29) is 5.56 Å². The number of pyridine rings is 1. The summed E-state index contributed by atoms with van der Waals surface area (Å²) in [6.07, 6.45) is 0. The number of aromatic nitrogens is 1. The molecule has 0 aliphatic carbocycles. The fourth-order valence-corrected chi connectivity index (χ4v) is 1.26. The first-order valence-corrected chi connectivity index (χ1v) is 4.25. The van der Waals surface area contributed by atoms with Crippen molar-refractivity contribution in [1.29, 1.82) is 0 Å². The Labute approximate surface area is 72.4 Å². The van der Waals surface area contributed by atoms with Crippen LogP contribution in [0.15, 0.2) is 16.9 Å². The van der Waals surface area contributed by atoms with Gasteiger partial charge in [-0.2, -0.15) is 4.73 Å². The number of rotatable bonds is 1. The summed E-state index contributed by atoms with van der Waals surface area (Å²) in [6.45, 7) is 1.81. The average Bonchev–Trinajstić information content (AvgIpc) is 1.96. The van der Waals surface area contributed by atoms with Crippen LogP contribution in [0.4, 0.5) is 0 Å². The first-order valence-electron chi connectivity index (χ1n) is 3.13. The molecule has 0 unspecified atom stereocenters. The van der Waals surface area contributed by atoms with Gasteiger partial charge < -0.3 is 5.21 Å². The fourth-order valence-electron chi connectivity index (χ4n) is 0.858. The smallest absolute Gasteiger partial charge is 0.283 e. The van der Waals surface area contributed by atoms with Gasteiger partial charge in [0.1, 0.15) is 0 Å². The molecule has 11 heavy (non-hydrogen) atoms. The molecule has 1 rings (SSSR count). The Balaban J connectivity index is 3.36. The maximum Gasteiger partial charge on any atom is 0.283 e. The standard InChI is InChI=1S/C7H8BrNO2/c1-5-2-6(4-8)9(11)7(10)3-5/h2-3,11H,4H2,1H3. The first-order chi connectivity index (χ1) is 5.15. The molecule has 0 amide bonds.